The van der Waals surface area contributed by atoms with Gasteiger partial charge in [-0.3, -0.25) is 4.79 Å². The van der Waals surface area contributed by atoms with Crippen LogP contribution in [-0.2, 0) is 17.8 Å². The first-order valence-corrected chi connectivity index (χ1v) is 6.96. The highest BCUT2D eigenvalue weighted by Gasteiger charge is 2.13. The standard InChI is InChI=1S/C16H20N4O2/c1-19(2)16-17-9-12(10-18-16)11-20(3)15(22)8-13-6-4-5-7-14(13)21/h4-7,9-10,21H,8,11H2,1-3H3. The van der Waals surface area contributed by atoms with Crippen molar-refractivity contribution in [2.75, 3.05) is 26.0 Å². The number of phenols is 1. The zero-order valence-electron chi connectivity index (χ0n) is 13.0. The van der Waals surface area contributed by atoms with Gasteiger partial charge in [-0.15, -0.1) is 0 Å². The van der Waals surface area contributed by atoms with E-state index in [0.717, 1.165) is 5.56 Å². The smallest absolute Gasteiger partial charge is 0.227 e. The number of rotatable bonds is 5. The third-order valence-corrected chi connectivity index (χ3v) is 3.27. The second-order valence-corrected chi connectivity index (χ2v) is 5.34. The maximum absolute atomic E-state index is 12.2. The second kappa shape index (κ2) is 6.89. The number of aromatic nitrogens is 2. The molecule has 1 amide bonds. The van der Waals surface area contributed by atoms with Crippen LogP contribution in [0.1, 0.15) is 11.1 Å². The molecular weight excluding hydrogens is 280 g/mol. The number of carbonyl (C=O) groups excluding carboxylic acids is 1. The molecule has 1 aromatic carbocycles. The summed E-state index contributed by atoms with van der Waals surface area (Å²) in [6.45, 7) is 0.431. The molecule has 0 unspecified atom stereocenters. The SMILES string of the molecule is CN(Cc1cnc(N(C)C)nc1)C(=O)Cc1ccccc1O. The topological polar surface area (TPSA) is 69.6 Å². The van der Waals surface area contributed by atoms with Gasteiger partial charge in [-0.2, -0.15) is 0 Å². The summed E-state index contributed by atoms with van der Waals surface area (Å²) in [5, 5.41) is 9.72. The number of para-hydroxylation sites is 1. The highest BCUT2D eigenvalue weighted by Crippen LogP contribution is 2.17. The van der Waals surface area contributed by atoms with Crippen LogP contribution >= 0.6 is 0 Å². The van der Waals surface area contributed by atoms with Crippen molar-refractivity contribution in [2.24, 2.45) is 0 Å². The van der Waals surface area contributed by atoms with Crippen LogP contribution in [0.3, 0.4) is 0 Å². The van der Waals surface area contributed by atoms with E-state index >= 15 is 0 Å². The minimum atomic E-state index is -0.0711. The van der Waals surface area contributed by atoms with Crippen molar-refractivity contribution < 1.29 is 9.90 Å². The molecule has 0 saturated heterocycles. The van der Waals surface area contributed by atoms with Crippen LogP contribution in [0.4, 0.5) is 5.95 Å². The molecule has 2 aromatic rings. The first-order chi connectivity index (χ1) is 10.5. The number of hydrogen-bond donors (Lipinski definition) is 1. The molecule has 116 valence electrons. The second-order valence-electron chi connectivity index (χ2n) is 5.34. The molecule has 0 atom stereocenters. The molecule has 0 aliphatic carbocycles. The Hall–Kier alpha value is -2.63. The predicted octanol–water partition coefficient (Wildman–Crippen LogP) is 1.45. The van der Waals surface area contributed by atoms with E-state index in [4.69, 9.17) is 0 Å². The Morgan fingerprint density at radius 2 is 1.77 bits per heavy atom. The lowest BCUT2D eigenvalue weighted by atomic mass is 10.1. The van der Waals surface area contributed by atoms with Crippen LogP contribution in [0.5, 0.6) is 5.75 Å². The Balaban J connectivity index is 1.98. The summed E-state index contributed by atoms with van der Waals surface area (Å²) in [5.74, 6) is 0.702. The van der Waals surface area contributed by atoms with Gasteiger partial charge in [0.15, 0.2) is 0 Å². The third kappa shape index (κ3) is 3.94. The van der Waals surface area contributed by atoms with E-state index in [-0.39, 0.29) is 18.1 Å². The highest BCUT2D eigenvalue weighted by molar-refractivity contribution is 5.79. The number of phenolic OH excluding ortho intramolecular Hbond substituents is 1. The molecule has 6 nitrogen and oxygen atoms in total. The van der Waals surface area contributed by atoms with Crippen LogP contribution in [0.15, 0.2) is 36.7 Å². The summed E-state index contributed by atoms with van der Waals surface area (Å²) in [7, 11) is 5.47. The summed E-state index contributed by atoms with van der Waals surface area (Å²) in [4.78, 5) is 24.1. The fourth-order valence-electron chi connectivity index (χ4n) is 1.98. The highest BCUT2D eigenvalue weighted by atomic mass is 16.3. The predicted molar refractivity (Wildman–Crippen MR) is 84.6 cm³/mol. The average molecular weight is 300 g/mol. The molecule has 2 rings (SSSR count). The molecule has 0 radical (unpaired) electrons. The maximum atomic E-state index is 12.2. The van der Waals surface area contributed by atoms with Gasteiger partial charge in [-0.1, -0.05) is 18.2 Å². The number of hydrogen-bond acceptors (Lipinski definition) is 5. The van der Waals surface area contributed by atoms with E-state index in [2.05, 4.69) is 9.97 Å². The fourth-order valence-corrected chi connectivity index (χ4v) is 1.98. The Kier molecular flexibility index (Phi) is 4.93. The van der Waals surface area contributed by atoms with E-state index in [1.54, 1.807) is 48.6 Å². The third-order valence-electron chi connectivity index (χ3n) is 3.27. The van der Waals surface area contributed by atoms with Crippen molar-refractivity contribution in [3.05, 3.63) is 47.8 Å². The molecule has 1 aromatic heterocycles. The van der Waals surface area contributed by atoms with E-state index in [0.29, 0.717) is 18.1 Å². The minimum absolute atomic E-state index is 0.0711. The number of carbonyl (C=O) groups is 1. The molecule has 0 aliphatic heterocycles. The molecular formula is C16H20N4O2. The van der Waals surface area contributed by atoms with Crippen molar-refractivity contribution >= 4 is 11.9 Å². The van der Waals surface area contributed by atoms with Gasteiger partial charge < -0.3 is 14.9 Å². The minimum Gasteiger partial charge on any atom is -0.508 e. The van der Waals surface area contributed by atoms with Crippen molar-refractivity contribution in [1.82, 2.24) is 14.9 Å². The average Bonchev–Trinajstić information content (AvgIpc) is 2.50. The van der Waals surface area contributed by atoms with Crippen LogP contribution in [0.25, 0.3) is 0 Å². The maximum Gasteiger partial charge on any atom is 0.227 e. The molecule has 6 heteroatoms. The molecule has 0 fully saturated rings. The summed E-state index contributed by atoms with van der Waals surface area (Å²) in [5.41, 5.74) is 1.48. The van der Waals surface area contributed by atoms with Gasteiger partial charge in [0.1, 0.15) is 5.75 Å². The summed E-state index contributed by atoms with van der Waals surface area (Å²) in [6.07, 6.45) is 3.60. The van der Waals surface area contributed by atoms with E-state index in [1.165, 1.54) is 0 Å². The van der Waals surface area contributed by atoms with E-state index < -0.39 is 0 Å². The quantitative estimate of drug-likeness (QED) is 0.905. The van der Waals surface area contributed by atoms with Gasteiger partial charge in [0, 0.05) is 51.2 Å². The van der Waals surface area contributed by atoms with Crippen LogP contribution in [0.2, 0.25) is 0 Å². The van der Waals surface area contributed by atoms with Gasteiger partial charge in [0.25, 0.3) is 0 Å². The lowest BCUT2D eigenvalue weighted by molar-refractivity contribution is -0.129. The van der Waals surface area contributed by atoms with Crippen molar-refractivity contribution in [2.45, 2.75) is 13.0 Å². The zero-order chi connectivity index (χ0) is 16.1. The van der Waals surface area contributed by atoms with Crippen LogP contribution in [0, 0.1) is 0 Å². The van der Waals surface area contributed by atoms with Crippen molar-refractivity contribution in [1.29, 1.82) is 0 Å². The monoisotopic (exact) mass is 300 g/mol. The Morgan fingerprint density at radius 1 is 1.14 bits per heavy atom. The number of anilines is 1. The summed E-state index contributed by atoms with van der Waals surface area (Å²) in [6, 6.07) is 6.86. The molecule has 0 aliphatic rings. The Labute approximate surface area is 130 Å². The molecule has 0 saturated carbocycles. The number of aromatic hydroxyl groups is 1. The van der Waals surface area contributed by atoms with Gasteiger partial charge in [-0.25, -0.2) is 9.97 Å². The molecule has 0 spiro atoms. The molecule has 1 heterocycles. The summed E-state index contributed by atoms with van der Waals surface area (Å²) >= 11 is 0. The van der Waals surface area contributed by atoms with Crippen LogP contribution < -0.4 is 4.90 Å². The Morgan fingerprint density at radius 3 is 2.36 bits per heavy atom. The van der Waals surface area contributed by atoms with Crippen LogP contribution in [-0.4, -0.2) is 47.0 Å². The van der Waals surface area contributed by atoms with Gasteiger partial charge in [0.2, 0.25) is 11.9 Å². The Bertz CT molecular complexity index is 641. The molecule has 0 bridgehead atoms. The fraction of sp³-hybridized carbons (Fsp3) is 0.312. The lowest BCUT2D eigenvalue weighted by Gasteiger charge is -2.18. The normalized spacial score (nSPS) is 10.3. The van der Waals surface area contributed by atoms with Gasteiger partial charge >= 0.3 is 0 Å². The van der Waals surface area contributed by atoms with E-state index in [1.807, 2.05) is 19.0 Å². The zero-order valence-corrected chi connectivity index (χ0v) is 13.0. The summed E-state index contributed by atoms with van der Waals surface area (Å²) < 4.78 is 0. The molecule has 1 N–H and O–H groups in total. The number of likely N-dealkylation sites (N-methyl/N-ethyl adjacent to an activating group) is 1. The number of amides is 1. The number of benzene rings is 1. The van der Waals surface area contributed by atoms with E-state index in [9.17, 15) is 9.90 Å². The van der Waals surface area contributed by atoms with Gasteiger partial charge in [0.05, 0.1) is 6.42 Å². The van der Waals surface area contributed by atoms with Crippen molar-refractivity contribution in [3.8, 4) is 5.75 Å². The first-order valence-electron chi connectivity index (χ1n) is 6.96. The molecule has 22 heavy (non-hydrogen) atoms. The largest absolute Gasteiger partial charge is 0.508 e. The van der Waals surface area contributed by atoms with Crippen molar-refractivity contribution in [3.63, 3.8) is 0 Å². The number of nitrogens with zero attached hydrogens (tertiary/aromatic N) is 4. The lowest BCUT2D eigenvalue weighted by Crippen LogP contribution is -2.28. The first kappa shape index (κ1) is 15.8. The van der Waals surface area contributed by atoms with Gasteiger partial charge in [-0.05, 0) is 6.07 Å².